The Balaban J connectivity index is 3.28. The van der Waals surface area contributed by atoms with Crippen molar-refractivity contribution in [3.63, 3.8) is 0 Å². The molecule has 0 heterocycles. The highest BCUT2D eigenvalue weighted by Crippen LogP contribution is 2.19. The van der Waals surface area contributed by atoms with Gasteiger partial charge in [-0.1, -0.05) is 361 Å². The quantitative estimate of drug-likeness (QED) is 0.0417. The number of amides is 1. The van der Waals surface area contributed by atoms with Gasteiger partial charge in [0.1, 0.15) is 0 Å². The van der Waals surface area contributed by atoms with E-state index in [1.54, 1.807) is 0 Å². The Morgan fingerprint density at radius 2 is 0.554 bits per heavy atom. The average Bonchev–Trinajstić information content (AvgIpc) is 3.40. The van der Waals surface area contributed by atoms with E-state index >= 15 is 0 Å². The molecule has 1 amide bonds. The van der Waals surface area contributed by atoms with E-state index in [4.69, 9.17) is 4.74 Å². The molecule has 2 unspecified atom stereocenters. The average molecular weight is 1050 g/mol. The molecule has 0 aromatic heterocycles. The summed E-state index contributed by atoms with van der Waals surface area (Å²) < 4.78 is 5.48. The fourth-order valence-electron chi connectivity index (χ4n) is 11.2. The maximum atomic E-state index is 12.5. The predicted octanol–water partition coefficient (Wildman–Crippen LogP) is 21.8. The van der Waals surface area contributed by atoms with Gasteiger partial charge < -0.3 is 20.3 Å². The Morgan fingerprint density at radius 1 is 0.324 bits per heavy atom. The molecule has 0 aliphatic carbocycles. The van der Waals surface area contributed by atoms with Crippen molar-refractivity contribution in [3.8, 4) is 0 Å². The van der Waals surface area contributed by atoms with Crippen molar-refractivity contribution in [3.05, 3.63) is 0 Å². The Hall–Kier alpha value is -1.14. The summed E-state index contributed by atoms with van der Waals surface area (Å²) in [6, 6.07) is -0.535. The van der Waals surface area contributed by atoms with Gasteiger partial charge >= 0.3 is 5.97 Å². The number of hydrogen-bond acceptors (Lipinski definition) is 5. The van der Waals surface area contributed by atoms with Gasteiger partial charge in [0.25, 0.3) is 0 Å². The second-order valence-corrected chi connectivity index (χ2v) is 23.9. The monoisotopic (exact) mass is 1050 g/mol. The highest BCUT2D eigenvalue weighted by molar-refractivity contribution is 5.76. The lowest BCUT2D eigenvalue weighted by atomic mass is 10.0. The fourth-order valence-corrected chi connectivity index (χ4v) is 11.2. The topological polar surface area (TPSA) is 95.9 Å². The van der Waals surface area contributed by atoms with Gasteiger partial charge in [-0.2, -0.15) is 0 Å². The van der Waals surface area contributed by atoms with Gasteiger partial charge in [-0.25, -0.2) is 0 Å². The highest BCUT2D eigenvalue weighted by atomic mass is 16.5. The van der Waals surface area contributed by atoms with Gasteiger partial charge in [-0.15, -0.1) is 0 Å². The highest BCUT2D eigenvalue weighted by Gasteiger charge is 2.20. The first-order valence-electron chi connectivity index (χ1n) is 34.3. The number of ether oxygens (including phenoxy) is 1. The number of hydrogen-bond donors (Lipinski definition) is 3. The van der Waals surface area contributed by atoms with Gasteiger partial charge in [0.05, 0.1) is 25.4 Å². The lowest BCUT2D eigenvalue weighted by Gasteiger charge is -2.22. The van der Waals surface area contributed by atoms with Crippen molar-refractivity contribution in [2.24, 2.45) is 0 Å². The Morgan fingerprint density at radius 3 is 0.824 bits per heavy atom. The van der Waals surface area contributed by atoms with E-state index in [0.717, 1.165) is 38.5 Å². The maximum absolute atomic E-state index is 12.5. The molecule has 6 heteroatoms. The number of nitrogens with one attached hydrogen (secondary N) is 1. The number of esters is 1. The lowest BCUT2D eigenvalue weighted by Crippen LogP contribution is -2.45. The van der Waals surface area contributed by atoms with Crippen LogP contribution in [0.25, 0.3) is 0 Å². The third kappa shape index (κ3) is 60.1. The number of unbranched alkanes of at least 4 members (excludes halogenated alkanes) is 54. The van der Waals surface area contributed by atoms with E-state index in [1.165, 1.54) is 327 Å². The van der Waals surface area contributed by atoms with E-state index in [-0.39, 0.29) is 18.5 Å². The molecule has 74 heavy (non-hydrogen) atoms. The SMILES string of the molecule is CCCCCCCCCCCCCCC(=O)OCCCCCCCCCCCCCCCCCCCCCCCCCCCCCCCCCCCC(=O)NC(CO)C(O)CCCCCCCCCCCCCC. The van der Waals surface area contributed by atoms with E-state index in [0.29, 0.717) is 25.9 Å². The van der Waals surface area contributed by atoms with Crippen LogP contribution in [0.5, 0.6) is 0 Å². The van der Waals surface area contributed by atoms with Crippen LogP contribution in [0.3, 0.4) is 0 Å². The standard InChI is InChI=1S/C68H135NO5/c1-3-5-7-9-11-13-15-40-44-48-52-56-60-66(71)65(64-70)69-67(72)61-57-53-49-45-41-38-36-34-32-30-28-26-24-22-20-18-17-19-21-23-25-27-29-31-33-35-37-39-43-47-51-55-59-63-74-68(73)62-58-54-50-46-42-16-14-12-10-8-6-4-2/h65-66,70-71H,3-64H2,1-2H3,(H,69,72). The van der Waals surface area contributed by atoms with Crippen LogP contribution >= 0.6 is 0 Å². The van der Waals surface area contributed by atoms with Gasteiger partial charge in [0, 0.05) is 12.8 Å². The zero-order valence-electron chi connectivity index (χ0n) is 50.6. The smallest absolute Gasteiger partial charge is 0.305 e. The van der Waals surface area contributed by atoms with Crippen molar-refractivity contribution in [1.29, 1.82) is 0 Å². The van der Waals surface area contributed by atoms with Gasteiger partial charge in [0.15, 0.2) is 0 Å². The fraction of sp³-hybridized carbons (Fsp3) is 0.971. The molecule has 2 atom stereocenters. The summed E-state index contributed by atoms with van der Waals surface area (Å²) >= 11 is 0. The first-order valence-corrected chi connectivity index (χ1v) is 34.3. The molecular formula is C68H135NO5. The molecular weight excluding hydrogens is 911 g/mol. The van der Waals surface area contributed by atoms with Gasteiger partial charge in [-0.05, 0) is 25.7 Å². The van der Waals surface area contributed by atoms with Crippen molar-refractivity contribution < 1.29 is 24.5 Å². The maximum Gasteiger partial charge on any atom is 0.305 e. The summed E-state index contributed by atoms with van der Waals surface area (Å²) in [5, 5.41) is 23.3. The minimum atomic E-state index is -0.658. The first-order chi connectivity index (χ1) is 36.5. The van der Waals surface area contributed by atoms with Crippen molar-refractivity contribution in [1.82, 2.24) is 5.32 Å². The lowest BCUT2D eigenvalue weighted by molar-refractivity contribution is -0.143. The third-order valence-corrected chi connectivity index (χ3v) is 16.4. The zero-order chi connectivity index (χ0) is 53.6. The van der Waals surface area contributed by atoms with Crippen LogP contribution in [0.1, 0.15) is 399 Å². The molecule has 0 saturated heterocycles. The molecule has 0 aromatic carbocycles. The summed E-state index contributed by atoms with van der Waals surface area (Å²) in [5.41, 5.74) is 0. The largest absolute Gasteiger partial charge is 0.466 e. The number of carbonyl (C=O) groups excluding carboxylic acids is 2. The minimum absolute atomic E-state index is 0.0233. The molecule has 0 rings (SSSR count). The van der Waals surface area contributed by atoms with Crippen LogP contribution in [-0.2, 0) is 14.3 Å². The minimum Gasteiger partial charge on any atom is -0.466 e. The number of aliphatic hydroxyl groups excluding tert-OH is 2. The number of aliphatic hydroxyl groups is 2. The van der Waals surface area contributed by atoms with Crippen LogP contribution in [0, 0.1) is 0 Å². The second kappa shape index (κ2) is 64.4. The summed E-state index contributed by atoms with van der Waals surface area (Å²) in [4.78, 5) is 24.5. The summed E-state index contributed by atoms with van der Waals surface area (Å²) in [6.45, 7) is 4.98. The van der Waals surface area contributed by atoms with E-state index < -0.39 is 12.1 Å². The molecule has 0 radical (unpaired) electrons. The van der Waals surface area contributed by atoms with E-state index in [9.17, 15) is 19.8 Å². The first kappa shape index (κ1) is 72.9. The van der Waals surface area contributed by atoms with Gasteiger partial charge in [-0.3, -0.25) is 9.59 Å². The molecule has 0 saturated carbocycles. The molecule has 442 valence electrons. The van der Waals surface area contributed by atoms with Crippen molar-refractivity contribution in [2.45, 2.75) is 411 Å². The van der Waals surface area contributed by atoms with E-state index in [1.807, 2.05) is 0 Å². The van der Waals surface area contributed by atoms with Gasteiger partial charge in [0.2, 0.25) is 5.91 Å². The Bertz CT molecular complexity index is 1070. The number of rotatable bonds is 65. The Kier molecular flexibility index (Phi) is 63.4. The third-order valence-electron chi connectivity index (χ3n) is 16.4. The van der Waals surface area contributed by atoms with Crippen molar-refractivity contribution >= 4 is 11.9 Å². The summed E-state index contributed by atoms with van der Waals surface area (Å²) in [5.74, 6) is -0.00471. The molecule has 0 aliphatic heterocycles. The molecule has 0 aliphatic rings. The van der Waals surface area contributed by atoms with Crippen LogP contribution in [0.4, 0.5) is 0 Å². The second-order valence-electron chi connectivity index (χ2n) is 23.9. The normalized spacial score (nSPS) is 12.4. The number of carbonyl (C=O) groups is 2. The molecule has 6 nitrogen and oxygen atoms in total. The molecule has 0 aromatic rings. The van der Waals surface area contributed by atoms with Crippen LogP contribution in [-0.4, -0.2) is 47.4 Å². The Labute approximate surface area is 464 Å². The van der Waals surface area contributed by atoms with E-state index in [2.05, 4.69) is 19.2 Å². The molecule has 0 fully saturated rings. The van der Waals surface area contributed by atoms with Crippen molar-refractivity contribution in [2.75, 3.05) is 13.2 Å². The zero-order valence-corrected chi connectivity index (χ0v) is 50.6. The molecule has 0 bridgehead atoms. The van der Waals surface area contributed by atoms with Crippen LogP contribution in [0.15, 0.2) is 0 Å². The van der Waals surface area contributed by atoms with Crippen LogP contribution < -0.4 is 5.32 Å². The summed E-state index contributed by atoms with van der Waals surface area (Å²) in [6.07, 6.45) is 77.3. The summed E-state index contributed by atoms with van der Waals surface area (Å²) in [7, 11) is 0. The van der Waals surface area contributed by atoms with Crippen LogP contribution in [0.2, 0.25) is 0 Å². The molecule has 3 N–H and O–H groups in total. The molecule has 0 spiro atoms. The predicted molar refractivity (Wildman–Crippen MR) is 324 cm³/mol.